The van der Waals surface area contributed by atoms with Gasteiger partial charge in [0.05, 0.1) is 31.4 Å². The SMILES string of the molecule is CC(C)=CCC/C(C)=C/CN1C(=O)[C@]2(O[C@H](CC(=O)N(CCO)Cc3ccccc3)[C@@H]([Si](C)(C)O)[C@@H]2C)c2cc(N3CCOC3=O)ccc21. The number of ether oxygens (including phenoxy) is 2. The van der Waals surface area contributed by atoms with Crippen LogP contribution in [0.4, 0.5) is 16.2 Å². The van der Waals surface area contributed by atoms with E-state index in [1.807, 2.05) is 68.5 Å². The van der Waals surface area contributed by atoms with E-state index in [-0.39, 0.29) is 38.0 Å². The van der Waals surface area contributed by atoms with Gasteiger partial charge in [-0.2, -0.15) is 0 Å². The summed E-state index contributed by atoms with van der Waals surface area (Å²) in [6, 6.07) is 15.1. The second-order valence-electron chi connectivity index (χ2n) is 14.3. The molecule has 11 heteroatoms. The Labute approximate surface area is 291 Å². The number of anilines is 2. The fourth-order valence-corrected chi connectivity index (χ4v) is 10.3. The van der Waals surface area contributed by atoms with E-state index in [1.165, 1.54) is 5.57 Å². The molecule has 5 rings (SSSR count). The number of hydrogen-bond acceptors (Lipinski definition) is 7. The summed E-state index contributed by atoms with van der Waals surface area (Å²) in [5, 5.41) is 9.83. The first-order valence-electron chi connectivity index (χ1n) is 17.3. The number of rotatable bonds is 13. The zero-order valence-corrected chi connectivity index (χ0v) is 30.6. The second kappa shape index (κ2) is 15.0. The molecule has 3 heterocycles. The summed E-state index contributed by atoms with van der Waals surface area (Å²) in [6.07, 6.45) is 4.82. The molecule has 2 fully saturated rings. The third-order valence-corrected chi connectivity index (χ3v) is 12.6. The maximum absolute atomic E-state index is 14.9. The van der Waals surface area contributed by atoms with Crippen molar-refractivity contribution in [3.8, 4) is 0 Å². The van der Waals surface area contributed by atoms with Crippen molar-refractivity contribution < 1.29 is 33.8 Å². The smallest absolute Gasteiger partial charge is 0.414 e. The van der Waals surface area contributed by atoms with Gasteiger partial charge in [-0.25, -0.2) is 4.79 Å². The van der Waals surface area contributed by atoms with Crippen LogP contribution in [-0.2, 0) is 31.2 Å². The molecule has 3 aliphatic rings. The van der Waals surface area contributed by atoms with Gasteiger partial charge in [-0.3, -0.25) is 14.5 Å². The lowest BCUT2D eigenvalue weighted by atomic mass is 9.82. The molecule has 0 aromatic heterocycles. The Bertz CT molecular complexity index is 1600. The first-order chi connectivity index (χ1) is 23.3. The van der Waals surface area contributed by atoms with Gasteiger partial charge in [0.25, 0.3) is 5.91 Å². The number of hydrogen-bond donors (Lipinski definition) is 2. The van der Waals surface area contributed by atoms with Crippen LogP contribution < -0.4 is 9.80 Å². The lowest BCUT2D eigenvalue weighted by Crippen LogP contribution is -2.46. The summed E-state index contributed by atoms with van der Waals surface area (Å²) in [4.78, 5) is 58.0. The molecule has 2 aromatic carbocycles. The molecule has 1 spiro atoms. The fourth-order valence-electron chi connectivity index (χ4n) is 7.70. The van der Waals surface area contributed by atoms with Crippen molar-refractivity contribution in [3.63, 3.8) is 0 Å². The average molecular weight is 690 g/mol. The number of fused-ring (bicyclic) bond motifs is 2. The van der Waals surface area contributed by atoms with E-state index in [0.717, 1.165) is 24.0 Å². The topological polar surface area (TPSA) is 120 Å². The Morgan fingerprint density at radius 3 is 2.47 bits per heavy atom. The molecule has 0 aliphatic carbocycles. The van der Waals surface area contributed by atoms with Gasteiger partial charge in [0.2, 0.25) is 5.91 Å². The summed E-state index contributed by atoms with van der Waals surface area (Å²) < 4.78 is 12.2. The number of benzene rings is 2. The summed E-state index contributed by atoms with van der Waals surface area (Å²) in [5.41, 5.74) is 3.36. The second-order valence-corrected chi connectivity index (χ2v) is 18.3. The number of cyclic esters (lactones) is 1. The van der Waals surface area contributed by atoms with Crippen LogP contribution >= 0.6 is 0 Å². The van der Waals surface area contributed by atoms with E-state index >= 15 is 0 Å². The van der Waals surface area contributed by atoms with Gasteiger partial charge in [0.15, 0.2) is 13.9 Å². The predicted molar refractivity (Wildman–Crippen MR) is 193 cm³/mol. The molecular formula is C38H51N3O7Si. The lowest BCUT2D eigenvalue weighted by molar-refractivity contribution is -0.149. The van der Waals surface area contributed by atoms with E-state index in [1.54, 1.807) is 14.7 Å². The van der Waals surface area contributed by atoms with Crippen LogP contribution in [0.25, 0.3) is 0 Å². The summed E-state index contributed by atoms with van der Waals surface area (Å²) in [6.45, 7) is 13.1. The van der Waals surface area contributed by atoms with Crippen LogP contribution in [0, 0.1) is 5.92 Å². The van der Waals surface area contributed by atoms with Crippen LogP contribution in [0.5, 0.6) is 0 Å². The van der Waals surface area contributed by atoms with Crippen molar-refractivity contribution in [2.24, 2.45) is 5.92 Å². The number of amides is 3. The molecule has 0 unspecified atom stereocenters. The fraction of sp³-hybridized carbons (Fsp3) is 0.500. The first-order valence-corrected chi connectivity index (χ1v) is 20.3. The maximum atomic E-state index is 14.9. The van der Waals surface area contributed by atoms with Crippen molar-refractivity contribution >= 4 is 37.6 Å². The van der Waals surface area contributed by atoms with Crippen molar-refractivity contribution in [2.45, 2.75) is 83.8 Å². The summed E-state index contributed by atoms with van der Waals surface area (Å²) >= 11 is 0. The monoisotopic (exact) mass is 689 g/mol. The highest BCUT2D eigenvalue weighted by Gasteiger charge is 2.66. The van der Waals surface area contributed by atoms with E-state index in [2.05, 4.69) is 32.9 Å². The zero-order valence-electron chi connectivity index (χ0n) is 29.6. The number of allylic oxidation sites excluding steroid dienone is 3. The molecule has 49 heavy (non-hydrogen) atoms. The lowest BCUT2D eigenvalue weighted by Gasteiger charge is -2.32. The largest absolute Gasteiger partial charge is 0.447 e. The minimum atomic E-state index is -3.04. The molecular weight excluding hydrogens is 639 g/mol. The van der Waals surface area contributed by atoms with Gasteiger partial charge in [-0.1, -0.05) is 60.6 Å². The number of aliphatic hydroxyl groups is 1. The van der Waals surface area contributed by atoms with Crippen LogP contribution in [-0.4, -0.2) is 80.0 Å². The molecule has 0 radical (unpaired) electrons. The van der Waals surface area contributed by atoms with E-state index in [0.29, 0.717) is 36.6 Å². The molecule has 264 valence electrons. The van der Waals surface area contributed by atoms with Gasteiger partial charge >= 0.3 is 6.09 Å². The Morgan fingerprint density at radius 1 is 1.10 bits per heavy atom. The number of carbonyl (C=O) groups is 3. The van der Waals surface area contributed by atoms with Gasteiger partial charge in [-0.05, 0) is 70.5 Å². The average Bonchev–Trinajstić information content (AvgIpc) is 3.68. The Kier molecular flexibility index (Phi) is 11.2. The number of aliphatic hydroxyl groups excluding tert-OH is 1. The number of carbonyl (C=O) groups excluding carboxylic acids is 3. The van der Waals surface area contributed by atoms with Gasteiger partial charge < -0.3 is 29.2 Å². The molecule has 3 aliphatic heterocycles. The normalized spacial score (nSPS) is 23.7. The Hall–Kier alpha value is -3.77. The van der Waals surface area contributed by atoms with Crippen molar-refractivity contribution in [1.29, 1.82) is 0 Å². The van der Waals surface area contributed by atoms with Gasteiger partial charge in [0, 0.05) is 42.3 Å². The van der Waals surface area contributed by atoms with E-state index < -0.39 is 37.6 Å². The van der Waals surface area contributed by atoms with Crippen LogP contribution in [0.3, 0.4) is 0 Å². The Morgan fingerprint density at radius 2 is 1.84 bits per heavy atom. The maximum Gasteiger partial charge on any atom is 0.414 e. The molecule has 3 amide bonds. The molecule has 0 bridgehead atoms. The molecule has 2 N–H and O–H groups in total. The molecule has 0 saturated carbocycles. The molecule has 2 saturated heterocycles. The third-order valence-electron chi connectivity index (χ3n) is 10.1. The standard InChI is InChI=1S/C38H51N3O7Si/c1-26(2)11-10-12-27(3)17-18-41-32-16-15-30(40-20-22-47-37(40)45)23-31(32)38(36(41)44)28(4)35(49(5,6)46)33(48-38)24-34(43)39(19-21-42)25-29-13-8-7-9-14-29/h7-9,11,13-17,23,28,33,35,42,46H,10,12,18-22,24-25H2,1-6H3/b27-17+/t28-,33+,35-,38+/m0/s1. The zero-order chi connectivity index (χ0) is 35.5. The van der Waals surface area contributed by atoms with Gasteiger partial charge in [0.1, 0.15) is 6.61 Å². The highest BCUT2D eigenvalue weighted by atomic mass is 28.4. The Balaban J connectivity index is 1.52. The summed E-state index contributed by atoms with van der Waals surface area (Å²) in [7, 11) is -3.04. The molecule has 10 nitrogen and oxygen atoms in total. The highest BCUT2D eigenvalue weighted by Crippen LogP contribution is 2.60. The van der Waals surface area contributed by atoms with Crippen LogP contribution in [0.15, 0.2) is 71.8 Å². The molecule has 2 aromatic rings. The minimum absolute atomic E-state index is 0.0509. The van der Waals surface area contributed by atoms with Crippen molar-refractivity contribution in [3.05, 3.63) is 83.0 Å². The predicted octanol–water partition coefficient (Wildman–Crippen LogP) is 5.89. The molecule has 4 atom stereocenters. The van der Waals surface area contributed by atoms with Crippen molar-refractivity contribution in [1.82, 2.24) is 4.90 Å². The highest BCUT2D eigenvalue weighted by molar-refractivity contribution is 6.71. The van der Waals surface area contributed by atoms with Gasteiger partial charge in [-0.15, -0.1) is 0 Å². The van der Waals surface area contributed by atoms with Crippen molar-refractivity contribution in [2.75, 3.05) is 42.6 Å². The minimum Gasteiger partial charge on any atom is -0.447 e. The van der Waals surface area contributed by atoms with E-state index in [4.69, 9.17) is 9.47 Å². The number of nitrogens with zero attached hydrogens (tertiary/aromatic N) is 3. The quantitative estimate of drug-likeness (QED) is 0.199. The van der Waals surface area contributed by atoms with Crippen LogP contribution in [0.1, 0.15) is 58.1 Å². The van der Waals surface area contributed by atoms with Crippen LogP contribution in [0.2, 0.25) is 18.6 Å². The van der Waals surface area contributed by atoms with E-state index in [9.17, 15) is 24.3 Å². The third kappa shape index (κ3) is 7.55. The summed E-state index contributed by atoms with van der Waals surface area (Å²) in [5.74, 6) is -0.933. The first kappa shape index (κ1) is 36.5.